The summed E-state index contributed by atoms with van der Waals surface area (Å²) in [5.41, 5.74) is -0.971. The Bertz CT molecular complexity index is 578. The predicted octanol–water partition coefficient (Wildman–Crippen LogP) is -1.20. The van der Waals surface area contributed by atoms with E-state index in [1.165, 1.54) is 25.3 Å². The maximum atomic E-state index is 11.3. The number of ether oxygens (including phenoxy) is 1. The number of hydrogen-bond acceptors (Lipinski definition) is 4. The van der Waals surface area contributed by atoms with Gasteiger partial charge in [0.2, 0.25) is 5.52 Å². The number of aromatic nitrogens is 3. The van der Waals surface area contributed by atoms with Crippen molar-refractivity contribution in [1.82, 2.24) is 5.10 Å². The molecule has 0 saturated carbocycles. The molecule has 0 atom stereocenters. The molecule has 1 aromatic heterocycles. The average molecular weight is 209 g/mol. The molecule has 78 valence electrons. The summed E-state index contributed by atoms with van der Waals surface area (Å²) >= 11 is 0. The minimum Gasteiger partial charge on any atom is -0.707 e. The Morgan fingerprint density at radius 2 is 2.07 bits per heavy atom. The van der Waals surface area contributed by atoms with E-state index in [1.807, 2.05) is 5.10 Å². The smallest absolute Gasteiger partial charge is 0.554 e. The summed E-state index contributed by atoms with van der Waals surface area (Å²) in [5.74, 6) is 0.430. The molecule has 1 N–H and O–H groups in total. The number of rotatable bonds is 1. The molecular formula is C8H7N3O4. The van der Waals surface area contributed by atoms with Gasteiger partial charge in [-0.25, -0.2) is 0 Å². The van der Waals surface area contributed by atoms with Gasteiger partial charge in [-0.05, 0) is 12.1 Å². The van der Waals surface area contributed by atoms with Gasteiger partial charge in [0.15, 0.2) is 0 Å². The number of H-pyrrole nitrogens is 1. The van der Waals surface area contributed by atoms with Crippen LogP contribution in [-0.4, -0.2) is 12.2 Å². The van der Waals surface area contributed by atoms with E-state index in [0.717, 1.165) is 0 Å². The second-order valence-corrected chi connectivity index (χ2v) is 2.86. The third-order valence-corrected chi connectivity index (χ3v) is 2.00. The molecule has 0 aliphatic rings. The van der Waals surface area contributed by atoms with Crippen molar-refractivity contribution in [3.05, 3.63) is 39.1 Å². The zero-order valence-electron chi connectivity index (χ0n) is 7.76. The van der Waals surface area contributed by atoms with Crippen LogP contribution in [0.3, 0.4) is 0 Å². The quantitative estimate of drug-likeness (QED) is 0.471. The number of methoxy groups -OCH3 is 1. The first-order valence-electron chi connectivity index (χ1n) is 4.06. The number of nitrogens with zero attached hydrogens (tertiary/aromatic N) is 2. The van der Waals surface area contributed by atoms with Gasteiger partial charge in [0.1, 0.15) is 5.75 Å². The van der Waals surface area contributed by atoms with E-state index in [0.29, 0.717) is 5.75 Å². The fourth-order valence-electron chi connectivity index (χ4n) is 1.27. The third-order valence-electron chi connectivity index (χ3n) is 2.00. The van der Waals surface area contributed by atoms with Crippen LogP contribution >= 0.6 is 0 Å². The second-order valence-electron chi connectivity index (χ2n) is 2.86. The van der Waals surface area contributed by atoms with E-state index < -0.39 is 5.69 Å². The molecule has 0 amide bonds. The van der Waals surface area contributed by atoms with Gasteiger partial charge in [-0.2, -0.15) is 9.52 Å². The summed E-state index contributed by atoms with van der Waals surface area (Å²) in [6, 6.07) is 4.22. The van der Waals surface area contributed by atoms with Crippen LogP contribution in [0.25, 0.3) is 11.0 Å². The normalized spacial score (nSPS) is 10.5. The van der Waals surface area contributed by atoms with Crippen molar-refractivity contribution in [3.8, 4) is 5.75 Å². The highest BCUT2D eigenvalue weighted by atomic mass is 16.5. The number of aromatic amines is 1. The molecule has 7 heteroatoms. The van der Waals surface area contributed by atoms with Crippen LogP contribution < -0.4 is 20.0 Å². The summed E-state index contributed by atoms with van der Waals surface area (Å²) in [6.07, 6.45) is 0. The highest BCUT2D eigenvalue weighted by Gasteiger charge is 2.15. The fourth-order valence-corrected chi connectivity index (χ4v) is 1.27. The molecule has 0 fully saturated rings. The standard InChI is InChI=1S/C8H7N3O4/c1-15-5-2-3-6-7(4-5)11(14)9-8(12)10(6)13/h2-4H,1H3,(H,9,12). The molecular weight excluding hydrogens is 202 g/mol. The van der Waals surface area contributed by atoms with Gasteiger partial charge in [0.05, 0.1) is 13.2 Å². The van der Waals surface area contributed by atoms with Crippen LogP contribution in [0.5, 0.6) is 5.75 Å². The lowest BCUT2D eigenvalue weighted by atomic mass is 10.3. The summed E-state index contributed by atoms with van der Waals surface area (Å²) in [5, 5.41) is 24.4. The van der Waals surface area contributed by atoms with E-state index >= 15 is 0 Å². The van der Waals surface area contributed by atoms with E-state index in [-0.39, 0.29) is 20.6 Å². The number of benzene rings is 1. The molecule has 1 heterocycles. The molecule has 7 nitrogen and oxygen atoms in total. The van der Waals surface area contributed by atoms with Crippen molar-refractivity contribution in [2.45, 2.75) is 0 Å². The van der Waals surface area contributed by atoms with Crippen LogP contribution in [0.15, 0.2) is 23.0 Å². The van der Waals surface area contributed by atoms with Crippen LogP contribution in [0, 0.1) is 10.4 Å². The number of nitrogens with one attached hydrogen (secondary N) is 1. The Morgan fingerprint density at radius 3 is 2.73 bits per heavy atom. The van der Waals surface area contributed by atoms with Crippen LogP contribution in [0.2, 0.25) is 0 Å². The van der Waals surface area contributed by atoms with Crippen molar-refractivity contribution in [2.24, 2.45) is 0 Å². The minimum atomic E-state index is -1.01. The second kappa shape index (κ2) is 3.12. The molecule has 0 unspecified atom stereocenters. The van der Waals surface area contributed by atoms with Gasteiger partial charge in [0, 0.05) is 9.94 Å². The van der Waals surface area contributed by atoms with E-state index in [2.05, 4.69) is 0 Å². The third kappa shape index (κ3) is 1.33. The van der Waals surface area contributed by atoms with Gasteiger partial charge in [0.25, 0.3) is 0 Å². The lowest BCUT2D eigenvalue weighted by Gasteiger charge is -2.04. The van der Waals surface area contributed by atoms with Gasteiger partial charge in [-0.3, -0.25) is 0 Å². The molecule has 0 aliphatic heterocycles. The highest BCUT2D eigenvalue weighted by molar-refractivity contribution is 5.69. The molecule has 0 aliphatic carbocycles. The Labute approximate surface area is 83.3 Å². The molecule has 0 spiro atoms. The summed E-state index contributed by atoms with van der Waals surface area (Å²) in [6.45, 7) is 0. The van der Waals surface area contributed by atoms with Crippen molar-refractivity contribution in [2.75, 3.05) is 7.11 Å². The zero-order valence-corrected chi connectivity index (χ0v) is 7.76. The number of fused-ring (bicyclic) bond motifs is 1. The van der Waals surface area contributed by atoms with E-state index in [4.69, 9.17) is 4.74 Å². The molecule has 2 rings (SSSR count). The van der Waals surface area contributed by atoms with Gasteiger partial charge in [-0.15, -0.1) is 0 Å². The lowest BCUT2D eigenvalue weighted by molar-refractivity contribution is -0.689. The van der Waals surface area contributed by atoms with Crippen molar-refractivity contribution >= 4 is 11.0 Å². The minimum absolute atomic E-state index is 0.00505. The zero-order chi connectivity index (χ0) is 11.0. The SMILES string of the molecule is COc1ccc2c(c1)[n+]([O-])[nH]c(=O)[n+]2[O-]. The Morgan fingerprint density at radius 1 is 1.33 bits per heavy atom. The Hall–Kier alpha value is -2.31. The van der Waals surface area contributed by atoms with Crippen molar-refractivity contribution in [1.29, 1.82) is 0 Å². The topological polar surface area (TPSA) is 96.0 Å². The Kier molecular flexibility index (Phi) is 1.93. The van der Waals surface area contributed by atoms with Crippen molar-refractivity contribution in [3.63, 3.8) is 0 Å². The van der Waals surface area contributed by atoms with Crippen LogP contribution in [0.1, 0.15) is 0 Å². The molecule has 2 aromatic rings. The summed E-state index contributed by atoms with van der Waals surface area (Å²) in [7, 11) is 1.44. The maximum Gasteiger partial charge on any atom is 0.554 e. The molecule has 0 bridgehead atoms. The predicted molar refractivity (Wildman–Crippen MR) is 49.0 cm³/mol. The van der Waals surface area contributed by atoms with Gasteiger partial charge < -0.3 is 15.2 Å². The van der Waals surface area contributed by atoms with E-state index in [1.54, 1.807) is 0 Å². The van der Waals surface area contributed by atoms with Crippen LogP contribution in [0.4, 0.5) is 0 Å². The lowest BCUT2D eigenvalue weighted by Crippen LogP contribution is -2.55. The van der Waals surface area contributed by atoms with Gasteiger partial charge in [-0.1, -0.05) is 0 Å². The summed E-state index contributed by atoms with van der Waals surface area (Å²) in [4.78, 5) is 11.2. The monoisotopic (exact) mass is 209 g/mol. The molecule has 0 radical (unpaired) electrons. The summed E-state index contributed by atoms with van der Waals surface area (Å²) < 4.78 is 5.01. The largest absolute Gasteiger partial charge is 0.707 e. The van der Waals surface area contributed by atoms with Crippen molar-refractivity contribution < 1.29 is 14.3 Å². The van der Waals surface area contributed by atoms with Gasteiger partial charge >= 0.3 is 11.2 Å². The Balaban J connectivity index is 2.90. The molecule has 0 saturated heterocycles. The van der Waals surface area contributed by atoms with E-state index in [9.17, 15) is 15.2 Å². The fraction of sp³-hybridized carbons (Fsp3) is 0.125. The first-order chi connectivity index (χ1) is 7.13. The average Bonchev–Trinajstić information content (AvgIpc) is 2.25. The molecule has 1 aromatic carbocycles. The number of hydrogen-bond donors (Lipinski definition) is 1. The molecule has 15 heavy (non-hydrogen) atoms. The first kappa shape index (κ1) is 9.25. The van der Waals surface area contributed by atoms with Crippen LogP contribution in [-0.2, 0) is 0 Å². The maximum absolute atomic E-state index is 11.3. The first-order valence-corrected chi connectivity index (χ1v) is 4.06. The highest BCUT2D eigenvalue weighted by Crippen LogP contribution is 2.13.